The van der Waals surface area contributed by atoms with Gasteiger partial charge in [-0.1, -0.05) is 30.3 Å². The lowest BCUT2D eigenvalue weighted by Gasteiger charge is -2.13. The Morgan fingerprint density at radius 1 is 1.08 bits per heavy atom. The van der Waals surface area contributed by atoms with E-state index in [0.29, 0.717) is 17.0 Å². The number of para-hydroxylation sites is 1. The Hall–Kier alpha value is -3.12. The Labute approximate surface area is 146 Å². The van der Waals surface area contributed by atoms with Crippen molar-refractivity contribution >= 4 is 5.91 Å². The summed E-state index contributed by atoms with van der Waals surface area (Å²) in [6.07, 6.45) is 1.71. The number of hydrogen-bond donors (Lipinski definition) is 0. The minimum absolute atomic E-state index is 0.275. The van der Waals surface area contributed by atoms with E-state index in [1.54, 1.807) is 25.0 Å². The van der Waals surface area contributed by atoms with Crippen molar-refractivity contribution in [1.82, 2.24) is 14.8 Å². The summed E-state index contributed by atoms with van der Waals surface area (Å²) in [6.45, 7) is 0. The molecule has 3 rings (SSSR count). The number of rotatable bonds is 5. The average molecular weight is 337 g/mol. The number of benzene rings is 2. The van der Waals surface area contributed by atoms with Crippen LogP contribution in [0.25, 0.3) is 16.9 Å². The van der Waals surface area contributed by atoms with Crippen LogP contribution in [0.4, 0.5) is 0 Å². The van der Waals surface area contributed by atoms with E-state index in [2.05, 4.69) is 5.10 Å². The van der Waals surface area contributed by atoms with Crippen LogP contribution in [0.5, 0.6) is 5.75 Å². The molecule has 25 heavy (non-hydrogen) atoms. The van der Waals surface area contributed by atoms with Gasteiger partial charge in [-0.05, 0) is 24.3 Å². The van der Waals surface area contributed by atoms with Gasteiger partial charge in [0.1, 0.15) is 11.4 Å². The largest absolute Gasteiger partial charge is 0.497 e. The Morgan fingerprint density at radius 3 is 2.52 bits per heavy atom. The minimum atomic E-state index is -0.275. The Morgan fingerprint density at radius 2 is 1.84 bits per heavy atom. The number of hydrogen-bond acceptors (Lipinski definition) is 4. The molecule has 0 bridgehead atoms. The van der Waals surface area contributed by atoms with Crippen LogP contribution in [0.3, 0.4) is 0 Å². The first-order valence-corrected chi connectivity index (χ1v) is 7.75. The summed E-state index contributed by atoms with van der Waals surface area (Å²) in [5.41, 5.74) is 2.67. The number of nitrogens with zero attached hydrogens (tertiary/aromatic N) is 3. The highest BCUT2D eigenvalue weighted by Crippen LogP contribution is 2.27. The third-order valence-corrected chi connectivity index (χ3v) is 3.87. The molecule has 2 aromatic carbocycles. The third kappa shape index (κ3) is 3.39. The molecule has 0 N–H and O–H groups in total. The van der Waals surface area contributed by atoms with Crippen LogP contribution in [-0.2, 0) is 4.84 Å². The monoisotopic (exact) mass is 337 g/mol. The molecule has 0 aliphatic heterocycles. The second kappa shape index (κ2) is 7.19. The molecule has 0 aliphatic rings. The van der Waals surface area contributed by atoms with Crippen LogP contribution in [0.2, 0.25) is 0 Å². The first-order chi connectivity index (χ1) is 12.1. The molecule has 6 nitrogen and oxygen atoms in total. The lowest BCUT2D eigenvalue weighted by atomic mass is 10.1. The molecule has 0 atom stereocenters. The Kier molecular flexibility index (Phi) is 4.81. The fourth-order valence-electron chi connectivity index (χ4n) is 2.48. The number of carbonyl (C=O) groups excluding carboxylic acids is 1. The van der Waals surface area contributed by atoms with Crippen LogP contribution >= 0.6 is 0 Å². The molecule has 1 aromatic heterocycles. The van der Waals surface area contributed by atoms with E-state index in [9.17, 15) is 4.79 Å². The summed E-state index contributed by atoms with van der Waals surface area (Å²) >= 11 is 0. The van der Waals surface area contributed by atoms with Gasteiger partial charge < -0.3 is 4.74 Å². The highest BCUT2D eigenvalue weighted by molar-refractivity contribution is 5.99. The second-order valence-corrected chi connectivity index (χ2v) is 5.39. The van der Waals surface area contributed by atoms with Crippen molar-refractivity contribution in [1.29, 1.82) is 0 Å². The topological polar surface area (TPSA) is 56.6 Å². The van der Waals surface area contributed by atoms with E-state index >= 15 is 0 Å². The molecule has 0 fully saturated rings. The SMILES string of the molecule is COc1cccc(-c2nn(-c3ccccc3)cc2C(=O)N(C)OC)c1. The molecule has 0 saturated heterocycles. The fourth-order valence-corrected chi connectivity index (χ4v) is 2.48. The number of amides is 1. The van der Waals surface area contributed by atoms with E-state index in [-0.39, 0.29) is 5.91 Å². The maximum atomic E-state index is 12.7. The summed E-state index contributed by atoms with van der Waals surface area (Å²) < 4.78 is 6.97. The predicted molar refractivity (Wildman–Crippen MR) is 94.7 cm³/mol. The van der Waals surface area contributed by atoms with Crippen molar-refractivity contribution < 1.29 is 14.4 Å². The standard InChI is InChI=1S/C19H19N3O3/c1-21(25-3)19(23)17-13-22(15-9-5-4-6-10-15)20-18(17)14-8-7-11-16(12-14)24-2/h4-13H,1-3H3. The Balaban J connectivity index is 2.14. The molecule has 1 heterocycles. The third-order valence-electron chi connectivity index (χ3n) is 3.87. The van der Waals surface area contributed by atoms with Crippen molar-refractivity contribution in [3.8, 4) is 22.7 Å². The van der Waals surface area contributed by atoms with Crippen molar-refractivity contribution in [2.75, 3.05) is 21.3 Å². The number of aromatic nitrogens is 2. The van der Waals surface area contributed by atoms with Gasteiger partial charge in [0.25, 0.3) is 5.91 Å². The van der Waals surface area contributed by atoms with Gasteiger partial charge in [-0.2, -0.15) is 5.10 Å². The summed E-state index contributed by atoms with van der Waals surface area (Å²) in [4.78, 5) is 17.7. The molecule has 0 unspecified atom stereocenters. The summed E-state index contributed by atoms with van der Waals surface area (Å²) in [5, 5.41) is 5.80. The molecule has 0 radical (unpaired) electrons. The zero-order valence-electron chi connectivity index (χ0n) is 14.3. The van der Waals surface area contributed by atoms with Gasteiger partial charge in [0.2, 0.25) is 0 Å². The molecule has 0 saturated carbocycles. The second-order valence-electron chi connectivity index (χ2n) is 5.39. The van der Waals surface area contributed by atoms with Crippen LogP contribution in [-0.4, -0.2) is 42.0 Å². The summed E-state index contributed by atoms with van der Waals surface area (Å²) in [5.74, 6) is 0.424. The molecular formula is C19H19N3O3. The zero-order valence-corrected chi connectivity index (χ0v) is 14.3. The predicted octanol–water partition coefficient (Wildman–Crippen LogP) is 3.18. The highest BCUT2D eigenvalue weighted by Gasteiger charge is 2.22. The number of ether oxygens (including phenoxy) is 1. The van der Waals surface area contributed by atoms with Gasteiger partial charge >= 0.3 is 0 Å². The van der Waals surface area contributed by atoms with Gasteiger partial charge in [0.15, 0.2) is 0 Å². The minimum Gasteiger partial charge on any atom is -0.497 e. The molecule has 3 aromatic rings. The maximum Gasteiger partial charge on any atom is 0.281 e. The molecule has 6 heteroatoms. The lowest BCUT2D eigenvalue weighted by Crippen LogP contribution is -2.25. The summed E-state index contributed by atoms with van der Waals surface area (Å²) in [6, 6.07) is 17.1. The van der Waals surface area contributed by atoms with Gasteiger partial charge in [0, 0.05) is 18.8 Å². The van der Waals surface area contributed by atoms with Crippen molar-refractivity contribution in [2.24, 2.45) is 0 Å². The number of hydroxylamine groups is 2. The number of methoxy groups -OCH3 is 1. The quantitative estimate of drug-likeness (QED) is 0.671. The fraction of sp³-hybridized carbons (Fsp3) is 0.158. The average Bonchev–Trinajstić information content (AvgIpc) is 3.13. The van der Waals surface area contributed by atoms with E-state index in [4.69, 9.17) is 9.57 Å². The van der Waals surface area contributed by atoms with Gasteiger partial charge in [0.05, 0.1) is 25.5 Å². The van der Waals surface area contributed by atoms with Crippen molar-refractivity contribution in [3.05, 3.63) is 66.4 Å². The molecule has 0 spiro atoms. The first-order valence-electron chi connectivity index (χ1n) is 7.75. The van der Waals surface area contributed by atoms with Crippen LogP contribution < -0.4 is 4.74 Å². The first kappa shape index (κ1) is 16.7. The van der Waals surface area contributed by atoms with Gasteiger partial charge in [-0.15, -0.1) is 0 Å². The smallest absolute Gasteiger partial charge is 0.281 e. The molecule has 1 amide bonds. The van der Waals surface area contributed by atoms with Crippen LogP contribution in [0.1, 0.15) is 10.4 Å². The zero-order chi connectivity index (χ0) is 17.8. The molecule has 0 aliphatic carbocycles. The molecular weight excluding hydrogens is 318 g/mol. The normalized spacial score (nSPS) is 10.5. The van der Waals surface area contributed by atoms with Crippen LogP contribution in [0.15, 0.2) is 60.8 Å². The highest BCUT2D eigenvalue weighted by atomic mass is 16.7. The maximum absolute atomic E-state index is 12.7. The van der Waals surface area contributed by atoms with Crippen molar-refractivity contribution in [3.63, 3.8) is 0 Å². The van der Waals surface area contributed by atoms with E-state index in [1.807, 2.05) is 54.6 Å². The Bertz CT molecular complexity index is 875. The van der Waals surface area contributed by atoms with Crippen LogP contribution in [0, 0.1) is 0 Å². The van der Waals surface area contributed by atoms with E-state index < -0.39 is 0 Å². The number of carbonyl (C=O) groups is 1. The lowest BCUT2D eigenvalue weighted by molar-refractivity contribution is -0.0756. The van der Waals surface area contributed by atoms with Crippen molar-refractivity contribution in [2.45, 2.75) is 0 Å². The van der Waals surface area contributed by atoms with E-state index in [1.165, 1.54) is 12.2 Å². The summed E-state index contributed by atoms with van der Waals surface area (Å²) in [7, 11) is 4.62. The van der Waals surface area contributed by atoms with E-state index in [0.717, 1.165) is 11.3 Å². The van der Waals surface area contributed by atoms with Gasteiger partial charge in [-0.25, -0.2) is 9.75 Å². The van der Waals surface area contributed by atoms with Gasteiger partial charge in [-0.3, -0.25) is 9.63 Å². The molecule has 128 valence electrons.